The third-order valence-corrected chi connectivity index (χ3v) is 3.17. The normalized spacial score (nSPS) is 10.7. The van der Waals surface area contributed by atoms with Gasteiger partial charge in [-0.25, -0.2) is 0 Å². The molecule has 1 aromatic carbocycles. The zero-order valence-electron chi connectivity index (χ0n) is 11.0. The van der Waals surface area contributed by atoms with Gasteiger partial charge >= 0.3 is 0 Å². The fraction of sp³-hybridized carbons (Fsp3) is 0.133. The minimum absolute atomic E-state index is 0.552. The van der Waals surface area contributed by atoms with Gasteiger partial charge in [0, 0.05) is 6.42 Å². The SMILES string of the molecule is COc1ccc(Cc2nnc3cccc(C=O)n23)cc1. The van der Waals surface area contributed by atoms with Gasteiger partial charge in [0.1, 0.15) is 11.6 Å². The summed E-state index contributed by atoms with van der Waals surface area (Å²) in [6.45, 7) is 0. The van der Waals surface area contributed by atoms with Gasteiger partial charge < -0.3 is 4.74 Å². The molecule has 100 valence electrons. The molecule has 5 heteroatoms. The molecule has 0 saturated heterocycles. The van der Waals surface area contributed by atoms with Crippen molar-refractivity contribution in [2.75, 3.05) is 7.11 Å². The average Bonchev–Trinajstić information content (AvgIpc) is 2.91. The van der Waals surface area contributed by atoms with Gasteiger partial charge in [-0.05, 0) is 29.8 Å². The number of pyridine rings is 1. The van der Waals surface area contributed by atoms with Gasteiger partial charge in [0.15, 0.2) is 11.9 Å². The van der Waals surface area contributed by atoms with E-state index in [9.17, 15) is 4.79 Å². The van der Waals surface area contributed by atoms with Crippen LogP contribution in [0.4, 0.5) is 0 Å². The highest BCUT2D eigenvalue weighted by Crippen LogP contribution is 2.15. The van der Waals surface area contributed by atoms with Crippen molar-refractivity contribution in [3.63, 3.8) is 0 Å². The first-order valence-corrected chi connectivity index (χ1v) is 6.23. The number of carbonyl (C=O) groups excluding carboxylic acids is 1. The average molecular weight is 267 g/mol. The Labute approximate surface area is 115 Å². The summed E-state index contributed by atoms with van der Waals surface area (Å²) >= 11 is 0. The van der Waals surface area contributed by atoms with E-state index in [2.05, 4.69) is 10.2 Å². The lowest BCUT2D eigenvalue weighted by Crippen LogP contribution is -2.01. The van der Waals surface area contributed by atoms with Gasteiger partial charge in [-0.2, -0.15) is 0 Å². The van der Waals surface area contributed by atoms with E-state index in [0.717, 1.165) is 23.4 Å². The van der Waals surface area contributed by atoms with Gasteiger partial charge in [-0.1, -0.05) is 18.2 Å². The number of aldehydes is 1. The second-order valence-corrected chi connectivity index (χ2v) is 4.40. The van der Waals surface area contributed by atoms with Crippen LogP contribution in [0, 0.1) is 0 Å². The third-order valence-electron chi connectivity index (χ3n) is 3.17. The molecule has 2 aromatic heterocycles. The molecule has 0 unspecified atom stereocenters. The predicted octanol–water partition coefficient (Wildman–Crippen LogP) is 2.14. The van der Waals surface area contributed by atoms with Crippen molar-refractivity contribution in [3.05, 3.63) is 59.5 Å². The molecule has 0 aliphatic rings. The van der Waals surface area contributed by atoms with E-state index >= 15 is 0 Å². The number of aromatic nitrogens is 3. The lowest BCUT2D eigenvalue weighted by molar-refractivity contribution is 0.111. The zero-order chi connectivity index (χ0) is 13.9. The van der Waals surface area contributed by atoms with Crippen molar-refractivity contribution in [3.8, 4) is 5.75 Å². The van der Waals surface area contributed by atoms with Crippen molar-refractivity contribution >= 4 is 11.9 Å². The van der Waals surface area contributed by atoms with Crippen LogP contribution >= 0.6 is 0 Å². The quantitative estimate of drug-likeness (QED) is 0.680. The fourth-order valence-corrected chi connectivity index (χ4v) is 2.16. The van der Waals surface area contributed by atoms with Crippen molar-refractivity contribution in [2.24, 2.45) is 0 Å². The van der Waals surface area contributed by atoms with E-state index in [-0.39, 0.29) is 0 Å². The lowest BCUT2D eigenvalue weighted by atomic mass is 10.1. The lowest BCUT2D eigenvalue weighted by Gasteiger charge is -2.04. The number of hydrogen-bond acceptors (Lipinski definition) is 4. The summed E-state index contributed by atoms with van der Waals surface area (Å²) in [7, 11) is 1.64. The number of hydrogen-bond donors (Lipinski definition) is 0. The molecule has 2 heterocycles. The summed E-state index contributed by atoms with van der Waals surface area (Å²) in [6.07, 6.45) is 1.42. The third kappa shape index (κ3) is 2.14. The number of ether oxygens (including phenoxy) is 1. The van der Waals surface area contributed by atoms with Crippen LogP contribution < -0.4 is 4.74 Å². The Morgan fingerprint density at radius 3 is 2.65 bits per heavy atom. The van der Waals surface area contributed by atoms with Crippen LogP contribution in [-0.2, 0) is 6.42 Å². The predicted molar refractivity (Wildman–Crippen MR) is 74.2 cm³/mol. The second-order valence-electron chi connectivity index (χ2n) is 4.40. The molecular formula is C15H13N3O2. The molecule has 0 atom stereocenters. The monoisotopic (exact) mass is 267 g/mol. The molecule has 0 N–H and O–H groups in total. The minimum Gasteiger partial charge on any atom is -0.497 e. The number of nitrogens with zero attached hydrogens (tertiary/aromatic N) is 3. The Morgan fingerprint density at radius 2 is 1.95 bits per heavy atom. The molecule has 0 fully saturated rings. The van der Waals surface area contributed by atoms with Crippen molar-refractivity contribution in [1.29, 1.82) is 0 Å². The van der Waals surface area contributed by atoms with Crippen LogP contribution in [0.1, 0.15) is 21.9 Å². The molecule has 3 aromatic rings. The summed E-state index contributed by atoms with van der Waals surface area (Å²) in [5.74, 6) is 1.56. The maximum Gasteiger partial charge on any atom is 0.166 e. The van der Waals surface area contributed by atoms with Crippen molar-refractivity contribution < 1.29 is 9.53 Å². The van der Waals surface area contributed by atoms with Crippen molar-refractivity contribution in [1.82, 2.24) is 14.6 Å². The minimum atomic E-state index is 0.552. The molecule has 3 rings (SSSR count). The molecule has 0 bridgehead atoms. The van der Waals surface area contributed by atoms with Gasteiger partial charge in [-0.3, -0.25) is 9.20 Å². The van der Waals surface area contributed by atoms with Gasteiger partial charge in [-0.15, -0.1) is 10.2 Å². The Bertz CT molecular complexity index is 747. The highest BCUT2D eigenvalue weighted by Gasteiger charge is 2.09. The fourth-order valence-electron chi connectivity index (χ4n) is 2.16. The molecule has 0 radical (unpaired) electrons. The maximum atomic E-state index is 11.1. The molecule has 20 heavy (non-hydrogen) atoms. The van der Waals surface area contributed by atoms with E-state index in [4.69, 9.17) is 4.74 Å². The topological polar surface area (TPSA) is 56.5 Å². The van der Waals surface area contributed by atoms with E-state index in [1.807, 2.05) is 30.3 Å². The smallest absolute Gasteiger partial charge is 0.166 e. The Hall–Kier alpha value is -2.69. The number of fused-ring (bicyclic) bond motifs is 1. The molecule has 0 aliphatic heterocycles. The van der Waals surface area contributed by atoms with Gasteiger partial charge in [0.25, 0.3) is 0 Å². The molecular weight excluding hydrogens is 254 g/mol. The second kappa shape index (κ2) is 5.13. The number of benzene rings is 1. The number of rotatable bonds is 4. The Kier molecular flexibility index (Phi) is 3.16. The summed E-state index contributed by atoms with van der Waals surface area (Å²) in [6, 6.07) is 13.1. The zero-order valence-corrected chi connectivity index (χ0v) is 11.0. The summed E-state index contributed by atoms with van der Waals surface area (Å²) < 4.78 is 6.91. The largest absolute Gasteiger partial charge is 0.497 e. The van der Waals surface area contributed by atoms with E-state index < -0.39 is 0 Å². The van der Waals surface area contributed by atoms with E-state index in [1.54, 1.807) is 23.6 Å². The summed E-state index contributed by atoms with van der Waals surface area (Å²) in [4.78, 5) is 11.1. The molecule has 0 aliphatic carbocycles. The standard InChI is InChI=1S/C15H13N3O2/c1-20-13-7-5-11(6-8-13)9-15-17-16-14-4-2-3-12(10-19)18(14)15/h2-8,10H,9H2,1H3. The molecule has 0 amide bonds. The van der Waals surface area contributed by atoms with E-state index in [1.165, 1.54) is 0 Å². The highest BCUT2D eigenvalue weighted by atomic mass is 16.5. The Morgan fingerprint density at radius 1 is 1.15 bits per heavy atom. The van der Waals surface area contributed by atoms with E-state index in [0.29, 0.717) is 17.8 Å². The number of carbonyl (C=O) groups is 1. The highest BCUT2D eigenvalue weighted by molar-refractivity contribution is 5.74. The first-order valence-electron chi connectivity index (χ1n) is 6.23. The molecule has 0 spiro atoms. The number of methoxy groups -OCH3 is 1. The van der Waals surface area contributed by atoms with Crippen LogP contribution in [0.15, 0.2) is 42.5 Å². The van der Waals surface area contributed by atoms with Crippen molar-refractivity contribution in [2.45, 2.75) is 6.42 Å². The summed E-state index contributed by atoms with van der Waals surface area (Å²) in [5.41, 5.74) is 2.31. The van der Waals surface area contributed by atoms with Crippen LogP contribution in [-0.4, -0.2) is 28.0 Å². The van der Waals surface area contributed by atoms with Gasteiger partial charge in [0.05, 0.1) is 12.8 Å². The van der Waals surface area contributed by atoms with Crippen LogP contribution in [0.25, 0.3) is 5.65 Å². The van der Waals surface area contributed by atoms with Crippen LogP contribution in [0.3, 0.4) is 0 Å². The molecule has 0 saturated carbocycles. The maximum absolute atomic E-state index is 11.1. The Balaban J connectivity index is 1.99. The van der Waals surface area contributed by atoms with Gasteiger partial charge in [0.2, 0.25) is 0 Å². The van der Waals surface area contributed by atoms with Crippen LogP contribution in [0.2, 0.25) is 0 Å². The first-order chi connectivity index (χ1) is 9.81. The summed E-state index contributed by atoms with van der Waals surface area (Å²) in [5, 5.41) is 8.25. The molecule has 5 nitrogen and oxygen atoms in total. The first kappa shape index (κ1) is 12.3. The van der Waals surface area contributed by atoms with Crippen LogP contribution in [0.5, 0.6) is 5.75 Å².